The quantitative estimate of drug-likeness (QED) is 0.311. The van der Waals surface area contributed by atoms with Gasteiger partial charge in [-0.25, -0.2) is 0 Å². The van der Waals surface area contributed by atoms with E-state index >= 15 is 0 Å². The molecule has 4 aromatic rings. The third-order valence-electron chi connectivity index (χ3n) is 6.00. The second-order valence-electron chi connectivity index (χ2n) is 8.24. The number of likely N-dealkylation sites (N-methyl/N-ethyl adjacent to an activating group) is 1. The summed E-state index contributed by atoms with van der Waals surface area (Å²) < 4.78 is 22.7. The molecular formula is C28H31NO4. The molecule has 0 bridgehead atoms. The zero-order chi connectivity index (χ0) is 23.4. The number of benzene rings is 3. The van der Waals surface area contributed by atoms with Crippen LogP contribution in [0.1, 0.15) is 16.9 Å². The Morgan fingerprint density at radius 2 is 1.55 bits per heavy atom. The van der Waals surface area contributed by atoms with Gasteiger partial charge in [0.25, 0.3) is 0 Å². The number of methoxy groups -OCH3 is 3. The summed E-state index contributed by atoms with van der Waals surface area (Å²) in [6.07, 6.45) is 0.902. The SMILES string of the molecule is COc1cc2c(-c3ccccc3)c(C)oc2cc1CN(C)CCc1ccc(OC)c(OC)c1. The summed E-state index contributed by atoms with van der Waals surface area (Å²) in [6.45, 7) is 3.67. The van der Waals surface area contributed by atoms with Crippen LogP contribution < -0.4 is 14.2 Å². The van der Waals surface area contributed by atoms with Crippen LogP contribution in [0.15, 0.2) is 65.1 Å². The Hall–Kier alpha value is -3.44. The number of aryl methyl sites for hydroxylation is 1. The van der Waals surface area contributed by atoms with Crippen molar-refractivity contribution in [2.45, 2.75) is 19.9 Å². The highest BCUT2D eigenvalue weighted by atomic mass is 16.5. The van der Waals surface area contributed by atoms with Crippen LogP contribution in [-0.2, 0) is 13.0 Å². The summed E-state index contributed by atoms with van der Waals surface area (Å²) in [4.78, 5) is 2.29. The van der Waals surface area contributed by atoms with Crippen LogP contribution in [-0.4, -0.2) is 39.8 Å². The van der Waals surface area contributed by atoms with Crippen LogP contribution in [0.25, 0.3) is 22.1 Å². The first-order valence-corrected chi connectivity index (χ1v) is 11.1. The molecule has 1 aromatic heterocycles. The number of rotatable bonds is 9. The number of hydrogen-bond acceptors (Lipinski definition) is 5. The van der Waals surface area contributed by atoms with Crippen LogP contribution in [0.4, 0.5) is 0 Å². The Morgan fingerprint density at radius 1 is 0.818 bits per heavy atom. The first-order chi connectivity index (χ1) is 16.0. The van der Waals surface area contributed by atoms with E-state index in [-0.39, 0.29) is 0 Å². The minimum atomic E-state index is 0.747. The van der Waals surface area contributed by atoms with Crippen molar-refractivity contribution in [3.63, 3.8) is 0 Å². The van der Waals surface area contributed by atoms with Crippen LogP contribution in [0, 0.1) is 6.92 Å². The molecule has 33 heavy (non-hydrogen) atoms. The van der Waals surface area contributed by atoms with Crippen LogP contribution in [0.2, 0.25) is 0 Å². The smallest absolute Gasteiger partial charge is 0.160 e. The molecule has 5 heteroatoms. The van der Waals surface area contributed by atoms with E-state index in [9.17, 15) is 0 Å². The van der Waals surface area contributed by atoms with E-state index in [0.717, 1.165) is 70.2 Å². The molecule has 4 rings (SSSR count). The largest absolute Gasteiger partial charge is 0.496 e. The molecule has 0 atom stereocenters. The Morgan fingerprint density at radius 3 is 2.24 bits per heavy atom. The number of fused-ring (bicyclic) bond motifs is 1. The van der Waals surface area contributed by atoms with Crippen molar-refractivity contribution in [2.24, 2.45) is 0 Å². The lowest BCUT2D eigenvalue weighted by molar-refractivity contribution is 0.320. The summed E-state index contributed by atoms with van der Waals surface area (Å²) in [5, 5.41) is 1.08. The highest BCUT2D eigenvalue weighted by molar-refractivity contribution is 5.97. The Bertz CT molecular complexity index is 1230. The molecule has 5 nitrogen and oxygen atoms in total. The summed E-state index contributed by atoms with van der Waals surface area (Å²) in [7, 11) is 7.16. The lowest BCUT2D eigenvalue weighted by Gasteiger charge is -2.19. The van der Waals surface area contributed by atoms with Gasteiger partial charge in [-0.2, -0.15) is 0 Å². The topological polar surface area (TPSA) is 44.1 Å². The third kappa shape index (κ3) is 4.83. The normalized spacial score (nSPS) is 11.2. The fraction of sp³-hybridized carbons (Fsp3) is 0.286. The average molecular weight is 446 g/mol. The maximum Gasteiger partial charge on any atom is 0.160 e. The molecule has 1 heterocycles. The van der Waals surface area contributed by atoms with Crippen molar-refractivity contribution in [2.75, 3.05) is 34.9 Å². The third-order valence-corrected chi connectivity index (χ3v) is 6.00. The summed E-state index contributed by atoms with van der Waals surface area (Å²) >= 11 is 0. The monoisotopic (exact) mass is 445 g/mol. The first-order valence-electron chi connectivity index (χ1n) is 11.1. The predicted molar refractivity (Wildman–Crippen MR) is 133 cm³/mol. The van der Waals surface area contributed by atoms with Gasteiger partial charge in [0.15, 0.2) is 11.5 Å². The van der Waals surface area contributed by atoms with Gasteiger partial charge in [0.2, 0.25) is 0 Å². The van der Waals surface area contributed by atoms with Crippen molar-refractivity contribution in [1.82, 2.24) is 4.90 Å². The van der Waals surface area contributed by atoms with Gasteiger partial charge in [-0.1, -0.05) is 36.4 Å². The van der Waals surface area contributed by atoms with Crippen molar-refractivity contribution in [3.8, 4) is 28.4 Å². The van der Waals surface area contributed by atoms with Crippen molar-refractivity contribution in [1.29, 1.82) is 0 Å². The van der Waals surface area contributed by atoms with Gasteiger partial charge in [-0.15, -0.1) is 0 Å². The molecule has 0 aliphatic carbocycles. The average Bonchev–Trinajstić information content (AvgIpc) is 3.16. The highest BCUT2D eigenvalue weighted by Gasteiger charge is 2.17. The molecule has 0 saturated heterocycles. The minimum absolute atomic E-state index is 0.747. The Balaban J connectivity index is 1.53. The molecule has 3 aromatic carbocycles. The summed E-state index contributed by atoms with van der Waals surface area (Å²) in [5.41, 5.74) is 5.47. The number of nitrogens with zero attached hydrogens (tertiary/aromatic N) is 1. The highest BCUT2D eigenvalue weighted by Crippen LogP contribution is 2.38. The maximum atomic E-state index is 6.15. The summed E-state index contributed by atoms with van der Waals surface area (Å²) in [5.74, 6) is 3.29. The number of ether oxygens (including phenoxy) is 3. The van der Waals surface area contributed by atoms with Gasteiger partial charge in [0.05, 0.1) is 21.3 Å². The molecule has 172 valence electrons. The lowest BCUT2D eigenvalue weighted by atomic mass is 10.0. The van der Waals surface area contributed by atoms with E-state index < -0.39 is 0 Å². The van der Waals surface area contributed by atoms with E-state index in [1.165, 1.54) is 5.56 Å². The minimum Gasteiger partial charge on any atom is -0.496 e. The zero-order valence-corrected chi connectivity index (χ0v) is 20.0. The second-order valence-corrected chi connectivity index (χ2v) is 8.24. The van der Waals surface area contributed by atoms with E-state index in [2.05, 4.69) is 42.3 Å². The summed E-state index contributed by atoms with van der Waals surface area (Å²) in [6, 6.07) is 20.6. The van der Waals surface area contributed by atoms with Gasteiger partial charge in [-0.3, -0.25) is 0 Å². The zero-order valence-electron chi connectivity index (χ0n) is 20.0. The standard InChI is InChI=1S/C28H31NO4/c1-19-28(21-9-7-6-8-10-21)23-17-25(31-4)22(16-26(23)33-19)18-29(2)14-13-20-11-12-24(30-3)27(15-20)32-5/h6-12,15-17H,13-14,18H2,1-5H3. The molecule has 0 fully saturated rings. The van der Waals surface area contributed by atoms with Crippen LogP contribution in [0.5, 0.6) is 17.2 Å². The molecule has 0 spiro atoms. The predicted octanol–water partition coefficient (Wildman–Crippen LogP) is 6.11. The molecular weight excluding hydrogens is 414 g/mol. The molecule has 0 N–H and O–H groups in total. The number of hydrogen-bond donors (Lipinski definition) is 0. The van der Waals surface area contributed by atoms with Crippen molar-refractivity contribution < 1.29 is 18.6 Å². The molecule has 0 aliphatic rings. The van der Waals surface area contributed by atoms with Gasteiger partial charge >= 0.3 is 0 Å². The van der Waals surface area contributed by atoms with Gasteiger partial charge < -0.3 is 23.5 Å². The Kier molecular flexibility index (Phi) is 6.90. The van der Waals surface area contributed by atoms with E-state index in [4.69, 9.17) is 18.6 Å². The molecule has 0 unspecified atom stereocenters. The maximum absolute atomic E-state index is 6.15. The lowest BCUT2D eigenvalue weighted by Crippen LogP contribution is -2.21. The van der Waals surface area contributed by atoms with Crippen molar-refractivity contribution in [3.05, 3.63) is 77.6 Å². The molecule has 0 saturated carbocycles. The molecule has 0 radical (unpaired) electrons. The molecule has 0 aliphatic heterocycles. The van der Waals surface area contributed by atoms with E-state index in [0.29, 0.717) is 0 Å². The van der Waals surface area contributed by atoms with Crippen LogP contribution >= 0.6 is 0 Å². The first kappa shape index (κ1) is 22.7. The molecule has 0 amide bonds. The fourth-order valence-electron chi connectivity index (χ4n) is 4.29. The fourth-order valence-corrected chi connectivity index (χ4v) is 4.29. The van der Waals surface area contributed by atoms with Gasteiger partial charge in [0.1, 0.15) is 17.1 Å². The second kappa shape index (κ2) is 10.0. The van der Waals surface area contributed by atoms with E-state index in [1.54, 1.807) is 21.3 Å². The Labute approximate surface area is 195 Å². The van der Waals surface area contributed by atoms with Crippen molar-refractivity contribution >= 4 is 11.0 Å². The van der Waals surface area contributed by atoms with Crippen LogP contribution in [0.3, 0.4) is 0 Å². The number of furan rings is 1. The van der Waals surface area contributed by atoms with Gasteiger partial charge in [-0.05, 0) is 55.8 Å². The van der Waals surface area contributed by atoms with Gasteiger partial charge in [0, 0.05) is 29.6 Å². The van der Waals surface area contributed by atoms with E-state index in [1.807, 2.05) is 37.3 Å².